The minimum Gasteiger partial charge on any atom is -0.480 e. The average Bonchev–Trinajstić information content (AvgIpc) is 2.75. The van der Waals surface area contributed by atoms with Crippen molar-refractivity contribution in [2.75, 3.05) is 5.32 Å². The van der Waals surface area contributed by atoms with Crippen LogP contribution in [0.2, 0.25) is 0 Å². The van der Waals surface area contributed by atoms with E-state index in [0.29, 0.717) is 0 Å². The van der Waals surface area contributed by atoms with E-state index < -0.39 is 12.0 Å². The van der Waals surface area contributed by atoms with Crippen LogP contribution in [0.4, 0.5) is 5.69 Å². The number of hydrogen-bond acceptors (Lipinski definition) is 2. The van der Waals surface area contributed by atoms with Crippen molar-refractivity contribution >= 4 is 11.7 Å². The van der Waals surface area contributed by atoms with Gasteiger partial charge >= 0.3 is 5.97 Å². The molecular weight excluding hydrogens is 226 g/mol. The van der Waals surface area contributed by atoms with Crippen LogP contribution in [0.1, 0.15) is 29.0 Å². The maximum absolute atomic E-state index is 11.4. The van der Waals surface area contributed by atoms with E-state index in [0.717, 1.165) is 12.1 Å². The van der Waals surface area contributed by atoms with E-state index in [2.05, 4.69) is 36.5 Å². The highest BCUT2D eigenvalue weighted by atomic mass is 16.4. The molecule has 2 aliphatic rings. The number of hydrogen-bond donors (Lipinski definition) is 2. The van der Waals surface area contributed by atoms with Crippen molar-refractivity contribution in [3.63, 3.8) is 0 Å². The number of anilines is 1. The van der Waals surface area contributed by atoms with Gasteiger partial charge in [-0.1, -0.05) is 18.2 Å². The second-order valence-electron chi connectivity index (χ2n) is 5.36. The van der Waals surface area contributed by atoms with Crippen molar-refractivity contribution in [3.05, 3.63) is 41.0 Å². The number of nitrogens with one attached hydrogen (secondary N) is 1. The molecule has 3 heteroatoms. The molecule has 0 amide bonds. The molecule has 1 aromatic rings. The molecule has 0 radical (unpaired) electrons. The van der Waals surface area contributed by atoms with E-state index in [-0.39, 0.29) is 11.8 Å². The molecule has 3 rings (SSSR count). The summed E-state index contributed by atoms with van der Waals surface area (Å²) in [6.07, 6.45) is 5.13. The first kappa shape index (κ1) is 11.3. The SMILES string of the molecule is Cc1cc(C)c2c(c1)N[C@H](C(=O)O)[C@@H]1CC=C[C@@H]21. The largest absolute Gasteiger partial charge is 0.480 e. The predicted octanol–water partition coefficient (Wildman–Crippen LogP) is 2.84. The van der Waals surface area contributed by atoms with E-state index in [1.54, 1.807) is 0 Å². The lowest BCUT2D eigenvalue weighted by atomic mass is 9.77. The van der Waals surface area contributed by atoms with Crippen molar-refractivity contribution < 1.29 is 9.90 Å². The molecule has 1 aliphatic carbocycles. The Morgan fingerprint density at radius 1 is 1.39 bits per heavy atom. The van der Waals surface area contributed by atoms with Gasteiger partial charge in [0.15, 0.2) is 0 Å². The number of fused-ring (bicyclic) bond motifs is 3. The van der Waals surface area contributed by atoms with Crippen LogP contribution in [0, 0.1) is 19.8 Å². The summed E-state index contributed by atoms with van der Waals surface area (Å²) in [4.78, 5) is 11.4. The van der Waals surface area contributed by atoms with Crippen molar-refractivity contribution in [3.8, 4) is 0 Å². The molecule has 0 aromatic heterocycles. The van der Waals surface area contributed by atoms with E-state index in [1.807, 2.05) is 6.92 Å². The third-order valence-corrected chi connectivity index (χ3v) is 4.08. The Hall–Kier alpha value is -1.77. The van der Waals surface area contributed by atoms with Crippen molar-refractivity contribution in [2.24, 2.45) is 5.92 Å². The lowest BCUT2D eigenvalue weighted by Gasteiger charge is -2.36. The zero-order valence-electron chi connectivity index (χ0n) is 10.6. The van der Waals surface area contributed by atoms with Crippen LogP contribution in [0.5, 0.6) is 0 Å². The molecule has 1 aliphatic heterocycles. The van der Waals surface area contributed by atoms with Gasteiger partial charge in [-0.15, -0.1) is 0 Å². The Balaban J connectivity index is 2.14. The van der Waals surface area contributed by atoms with Gasteiger partial charge in [-0.2, -0.15) is 0 Å². The summed E-state index contributed by atoms with van der Waals surface area (Å²) in [5.41, 5.74) is 4.69. The zero-order chi connectivity index (χ0) is 12.9. The lowest BCUT2D eigenvalue weighted by Crippen LogP contribution is -2.42. The number of aliphatic carboxylic acids is 1. The molecule has 3 atom stereocenters. The van der Waals surface area contributed by atoms with Crippen molar-refractivity contribution in [1.82, 2.24) is 0 Å². The fourth-order valence-corrected chi connectivity index (χ4v) is 3.39. The first-order valence-electron chi connectivity index (χ1n) is 6.35. The summed E-state index contributed by atoms with van der Waals surface area (Å²) in [6.45, 7) is 4.15. The quantitative estimate of drug-likeness (QED) is 0.746. The molecule has 0 fully saturated rings. The molecule has 2 N–H and O–H groups in total. The first-order valence-corrected chi connectivity index (χ1v) is 6.35. The Kier molecular flexibility index (Phi) is 2.44. The van der Waals surface area contributed by atoms with Crippen molar-refractivity contribution in [2.45, 2.75) is 32.2 Å². The number of allylic oxidation sites excluding steroid dienone is 2. The molecule has 94 valence electrons. The fraction of sp³-hybridized carbons (Fsp3) is 0.400. The van der Waals surface area contributed by atoms with Gasteiger partial charge in [0.25, 0.3) is 0 Å². The van der Waals surface area contributed by atoms with Gasteiger partial charge in [0.1, 0.15) is 6.04 Å². The second-order valence-corrected chi connectivity index (χ2v) is 5.36. The molecule has 18 heavy (non-hydrogen) atoms. The van der Waals surface area contributed by atoms with Gasteiger partial charge in [-0.05, 0) is 43.0 Å². The Morgan fingerprint density at radius 2 is 2.17 bits per heavy atom. The number of rotatable bonds is 1. The van der Waals surface area contributed by atoms with Crippen LogP contribution < -0.4 is 5.32 Å². The Morgan fingerprint density at radius 3 is 2.89 bits per heavy atom. The van der Waals surface area contributed by atoms with E-state index >= 15 is 0 Å². The van der Waals surface area contributed by atoms with E-state index in [9.17, 15) is 9.90 Å². The molecule has 0 bridgehead atoms. The van der Waals surface area contributed by atoms with Crippen LogP contribution in [0.15, 0.2) is 24.3 Å². The highest BCUT2D eigenvalue weighted by molar-refractivity contribution is 5.81. The van der Waals surface area contributed by atoms with Gasteiger partial charge in [0.05, 0.1) is 0 Å². The molecule has 0 spiro atoms. The maximum Gasteiger partial charge on any atom is 0.326 e. The van der Waals surface area contributed by atoms with Gasteiger partial charge in [0, 0.05) is 17.5 Å². The van der Waals surface area contributed by atoms with Gasteiger partial charge in [-0.25, -0.2) is 4.79 Å². The summed E-state index contributed by atoms with van der Waals surface area (Å²) in [6, 6.07) is 3.75. The van der Waals surface area contributed by atoms with Crippen molar-refractivity contribution in [1.29, 1.82) is 0 Å². The van der Waals surface area contributed by atoms with Gasteiger partial charge in [0.2, 0.25) is 0 Å². The monoisotopic (exact) mass is 243 g/mol. The second kappa shape index (κ2) is 3.87. The van der Waals surface area contributed by atoms with Gasteiger partial charge < -0.3 is 10.4 Å². The third kappa shape index (κ3) is 1.54. The summed E-state index contributed by atoms with van der Waals surface area (Å²) < 4.78 is 0. The summed E-state index contributed by atoms with van der Waals surface area (Å²) >= 11 is 0. The van der Waals surface area contributed by atoms with Crippen LogP contribution in [0.3, 0.4) is 0 Å². The molecule has 0 saturated heterocycles. The van der Waals surface area contributed by atoms with Crippen LogP contribution in [-0.4, -0.2) is 17.1 Å². The number of carbonyl (C=O) groups is 1. The predicted molar refractivity (Wildman–Crippen MR) is 71.0 cm³/mol. The van der Waals surface area contributed by atoms with E-state index in [1.165, 1.54) is 16.7 Å². The normalized spacial score (nSPS) is 28.4. The van der Waals surface area contributed by atoms with Crippen LogP contribution in [0.25, 0.3) is 0 Å². The Bertz CT molecular complexity index is 548. The molecular formula is C15H17NO2. The minimum atomic E-state index is -0.751. The van der Waals surface area contributed by atoms with Crippen LogP contribution in [-0.2, 0) is 4.79 Å². The topological polar surface area (TPSA) is 49.3 Å². The molecule has 1 heterocycles. The highest BCUT2D eigenvalue weighted by Gasteiger charge is 2.41. The minimum absolute atomic E-state index is 0.149. The number of carboxylic acid groups (broad SMARTS) is 1. The van der Waals surface area contributed by atoms with Gasteiger partial charge in [-0.3, -0.25) is 0 Å². The fourth-order valence-electron chi connectivity index (χ4n) is 3.39. The smallest absolute Gasteiger partial charge is 0.326 e. The zero-order valence-corrected chi connectivity index (χ0v) is 10.6. The molecule has 1 aromatic carbocycles. The van der Waals surface area contributed by atoms with Crippen LogP contribution >= 0.6 is 0 Å². The first-order chi connectivity index (χ1) is 8.58. The number of carboxylic acids is 1. The highest BCUT2D eigenvalue weighted by Crippen LogP contribution is 2.46. The third-order valence-electron chi connectivity index (χ3n) is 4.08. The number of benzene rings is 1. The molecule has 0 unspecified atom stereocenters. The maximum atomic E-state index is 11.4. The average molecular weight is 243 g/mol. The number of aryl methyl sites for hydroxylation is 2. The summed E-state index contributed by atoms with van der Waals surface area (Å²) in [5, 5.41) is 12.6. The molecule has 0 saturated carbocycles. The summed E-state index contributed by atoms with van der Waals surface area (Å²) in [5.74, 6) is -0.349. The standard InChI is InChI=1S/C15H17NO2/c1-8-6-9(2)13-10-4-3-5-11(10)14(15(17)18)16-12(13)7-8/h3-4,6-7,10-11,14,16H,5H2,1-2H3,(H,17,18)/t10-,11-,14+/m1/s1. The van der Waals surface area contributed by atoms with E-state index in [4.69, 9.17) is 0 Å². The molecule has 3 nitrogen and oxygen atoms in total. The lowest BCUT2D eigenvalue weighted by molar-refractivity contribution is -0.139. The summed E-state index contributed by atoms with van der Waals surface area (Å²) in [7, 11) is 0. The Labute approximate surface area is 107 Å².